The van der Waals surface area contributed by atoms with E-state index in [2.05, 4.69) is 20.1 Å². The summed E-state index contributed by atoms with van der Waals surface area (Å²) in [6, 6.07) is 6.97. The summed E-state index contributed by atoms with van der Waals surface area (Å²) in [6.45, 7) is 10.8. The minimum atomic E-state index is -0.0639. The Morgan fingerprint density at radius 2 is 2.23 bits per heavy atom. The first kappa shape index (κ1) is 15.6. The van der Waals surface area contributed by atoms with Crippen molar-refractivity contribution in [1.82, 2.24) is 9.97 Å². The molecule has 110 valence electrons. The number of hydrogen-bond acceptors (Lipinski definition) is 5. The number of rotatable bonds is 4. The van der Waals surface area contributed by atoms with Crippen LogP contribution in [0.4, 0.5) is 17.2 Å². The minimum Gasteiger partial charge on any atom is -0.490 e. The van der Waals surface area contributed by atoms with E-state index in [1.807, 2.05) is 19.9 Å². The van der Waals surface area contributed by atoms with Crippen molar-refractivity contribution in [1.29, 1.82) is 5.26 Å². The predicted molar refractivity (Wildman–Crippen MR) is 83.5 cm³/mol. The van der Waals surface area contributed by atoms with Crippen molar-refractivity contribution in [3.05, 3.63) is 46.7 Å². The maximum Gasteiger partial charge on any atom is 0.224 e. The normalized spacial score (nSPS) is 9.91. The lowest BCUT2D eigenvalue weighted by Crippen LogP contribution is -2.08. The molecule has 1 aromatic heterocycles. The van der Waals surface area contributed by atoms with Crippen molar-refractivity contribution in [3.8, 4) is 11.8 Å². The highest BCUT2D eigenvalue weighted by atomic mass is 35.5. The summed E-state index contributed by atoms with van der Waals surface area (Å²) in [4.78, 5) is 11.2. The lowest BCUT2D eigenvalue weighted by molar-refractivity contribution is 0.244. The molecule has 0 saturated carbocycles. The molecule has 0 aliphatic heterocycles. The Morgan fingerprint density at radius 1 is 1.45 bits per heavy atom. The average Bonchev–Trinajstić information content (AvgIpc) is 2.48. The maximum absolute atomic E-state index is 9.10. The third-order valence-electron chi connectivity index (χ3n) is 2.59. The zero-order chi connectivity index (χ0) is 16.1. The molecule has 7 heteroatoms. The van der Waals surface area contributed by atoms with E-state index in [-0.39, 0.29) is 22.8 Å². The number of benzene rings is 1. The van der Waals surface area contributed by atoms with Gasteiger partial charge in [0, 0.05) is 0 Å². The van der Waals surface area contributed by atoms with Gasteiger partial charge in [-0.1, -0.05) is 6.07 Å². The van der Waals surface area contributed by atoms with Crippen LogP contribution < -0.4 is 10.1 Å². The number of anilines is 2. The molecule has 0 aliphatic rings. The van der Waals surface area contributed by atoms with Crippen LogP contribution in [0.2, 0.25) is 5.28 Å². The van der Waals surface area contributed by atoms with Gasteiger partial charge in [0.05, 0.1) is 24.6 Å². The van der Waals surface area contributed by atoms with Gasteiger partial charge in [-0.05, 0) is 37.6 Å². The number of nitrogens with one attached hydrogen (secondary N) is 1. The molecule has 2 aromatic rings. The second kappa shape index (κ2) is 6.75. The molecule has 1 heterocycles. The van der Waals surface area contributed by atoms with E-state index in [4.69, 9.17) is 28.2 Å². The van der Waals surface area contributed by atoms with Gasteiger partial charge in [0.2, 0.25) is 5.28 Å². The van der Waals surface area contributed by atoms with Gasteiger partial charge in [0.25, 0.3) is 0 Å². The van der Waals surface area contributed by atoms with Gasteiger partial charge in [0.15, 0.2) is 11.5 Å². The number of halogens is 1. The minimum absolute atomic E-state index is 0.0330. The lowest BCUT2D eigenvalue weighted by atomic mass is 10.2. The molecular weight excluding hydrogens is 302 g/mol. The van der Waals surface area contributed by atoms with E-state index in [1.54, 1.807) is 18.2 Å². The first-order valence-corrected chi connectivity index (χ1v) is 6.79. The van der Waals surface area contributed by atoms with Crippen molar-refractivity contribution in [2.24, 2.45) is 0 Å². The highest BCUT2D eigenvalue weighted by Gasteiger charge is 2.11. The van der Waals surface area contributed by atoms with Crippen LogP contribution in [0.1, 0.15) is 19.4 Å². The van der Waals surface area contributed by atoms with Gasteiger partial charge in [-0.15, -0.1) is 0 Å². The zero-order valence-electron chi connectivity index (χ0n) is 12.0. The Kier molecular flexibility index (Phi) is 4.77. The fraction of sp³-hybridized carbons (Fsp3) is 0.200. The third-order valence-corrected chi connectivity index (χ3v) is 2.77. The van der Waals surface area contributed by atoms with Crippen LogP contribution in [0.5, 0.6) is 5.75 Å². The fourth-order valence-corrected chi connectivity index (χ4v) is 1.83. The molecule has 0 fully saturated rings. The number of hydrogen-bond donors (Lipinski definition) is 1. The van der Waals surface area contributed by atoms with E-state index in [0.29, 0.717) is 17.1 Å². The van der Waals surface area contributed by atoms with Crippen molar-refractivity contribution in [2.75, 3.05) is 5.32 Å². The summed E-state index contributed by atoms with van der Waals surface area (Å²) >= 11 is 5.77. The van der Waals surface area contributed by atoms with E-state index in [0.717, 1.165) is 0 Å². The third kappa shape index (κ3) is 3.63. The van der Waals surface area contributed by atoms with Crippen molar-refractivity contribution >= 4 is 28.8 Å². The predicted octanol–water partition coefficient (Wildman–Crippen LogP) is 4.08. The molecule has 0 radical (unpaired) electrons. The van der Waals surface area contributed by atoms with Crippen LogP contribution in [-0.2, 0) is 0 Å². The quantitative estimate of drug-likeness (QED) is 0.680. The molecule has 22 heavy (non-hydrogen) atoms. The Morgan fingerprint density at radius 3 is 2.86 bits per heavy atom. The van der Waals surface area contributed by atoms with Crippen LogP contribution in [-0.4, -0.2) is 16.1 Å². The van der Waals surface area contributed by atoms with Crippen LogP contribution in [0.25, 0.3) is 4.85 Å². The number of nitrogens with zero attached hydrogens (tertiary/aromatic N) is 4. The van der Waals surface area contributed by atoms with Gasteiger partial charge in [-0.25, -0.2) is 9.83 Å². The zero-order valence-corrected chi connectivity index (χ0v) is 12.7. The Bertz CT molecular complexity index is 776. The second-order valence-electron chi connectivity index (χ2n) is 4.60. The van der Waals surface area contributed by atoms with Gasteiger partial charge < -0.3 is 10.1 Å². The van der Waals surface area contributed by atoms with Crippen LogP contribution in [0.15, 0.2) is 24.4 Å². The summed E-state index contributed by atoms with van der Waals surface area (Å²) in [5.74, 6) is 0.786. The van der Waals surface area contributed by atoms with Gasteiger partial charge in [-0.3, -0.25) is 0 Å². The largest absolute Gasteiger partial charge is 0.490 e. The highest BCUT2D eigenvalue weighted by molar-refractivity contribution is 6.28. The maximum atomic E-state index is 9.10. The molecule has 0 amide bonds. The Labute approximate surface area is 133 Å². The molecular formula is C15H12ClN5O. The van der Waals surface area contributed by atoms with Crippen molar-refractivity contribution in [2.45, 2.75) is 20.0 Å². The molecule has 1 aromatic carbocycles. The number of nitriles is 1. The second-order valence-corrected chi connectivity index (χ2v) is 4.94. The molecule has 0 saturated heterocycles. The first-order valence-electron chi connectivity index (χ1n) is 6.41. The summed E-state index contributed by atoms with van der Waals surface area (Å²) in [6.07, 6.45) is 1.28. The fourth-order valence-electron chi connectivity index (χ4n) is 1.70. The van der Waals surface area contributed by atoms with Gasteiger partial charge >= 0.3 is 0 Å². The molecule has 0 unspecified atom stereocenters. The molecule has 6 nitrogen and oxygen atoms in total. The molecule has 1 N–H and O–H groups in total. The summed E-state index contributed by atoms with van der Waals surface area (Å²) in [7, 11) is 0. The van der Waals surface area contributed by atoms with E-state index < -0.39 is 0 Å². The Balaban J connectivity index is 2.43. The molecule has 0 aliphatic carbocycles. The van der Waals surface area contributed by atoms with E-state index in [9.17, 15) is 0 Å². The Hall–Kier alpha value is -2.83. The molecule has 0 atom stereocenters. The SMILES string of the molecule is [C-]#[N+]c1ccc(Nc2nc(Cl)ncc2C#N)c(OC(C)C)c1. The number of aromatic nitrogens is 2. The average molecular weight is 314 g/mol. The summed E-state index contributed by atoms with van der Waals surface area (Å²) in [5.41, 5.74) is 1.31. The van der Waals surface area contributed by atoms with E-state index >= 15 is 0 Å². The van der Waals surface area contributed by atoms with Crippen LogP contribution in [0.3, 0.4) is 0 Å². The van der Waals surface area contributed by atoms with Gasteiger partial charge in [-0.2, -0.15) is 10.2 Å². The lowest BCUT2D eigenvalue weighted by Gasteiger charge is -2.16. The van der Waals surface area contributed by atoms with E-state index in [1.165, 1.54) is 6.20 Å². The first-order chi connectivity index (χ1) is 10.5. The van der Waals surface area contributed by atoms with Crippen LogP contribution >= 0.6 is 11.6 Å². The number of ether oxygens (including phenoxy) is 1. The molecule has 0 bridgehead atoms. The summed E-state index contributed by atoms with van der Waals surface area (Å²) < 4.78 is 5.70. The topological polar surface area (TPSA) is 75.2 Å². The molecule has 2 rings (SSSR count). The highest BCUT2D eigenvalue weighted by Crippen LogP contribution is 2.33. The van der Waals surface area contributed by atoms with Crippen LogP contribution in [0, 0.1) is 17.9 Å². The molecule has 0 spiro atoms. The summed E-state index contributed by atoms with van der Waals surface area (Å²) in [5, 5.41) is 12.1. The standard InChI is InChI=1S/C15H12ClN5O/c1-9(2)22-13-6-11(18-3)4-5-12(13)20-14-10(7-17)8-19-15(16)21-14/h4-6,8-9H,1-2H3,(H,19,20,21). The smallest absolute Gasteiger partial charge is 0.224 e. The van der Waals surface area contributed by atoms with Crippen molar-refractivity contribution < 1.29 is 4.74 Å². The monoisotopic (exact) mass is 313 g/mol. The van der Waals surface area contributed by atoms with Crippen molar-refractivity contribution in [3.63, 3.8) is 0 Å². The van der Waals surface area contributed by atoms with Gasteiger partial charge in [0.1, 0.15) is 17.4 Å².